The van der Waals surface area contributed by atoms with Crippen LogP contribution < -0.4 is 10.6 Å². The Morgan fingerprint density at radius 2 is 2.14 bits per heavy atom. The standard InChI is InChI=1S/C16H15N5S/c1-10-3-2-4-14(19-10)21-16-20-12-6-5-11(9-13(12)22-16)15-17-7-8-18-15/h2-6,9H,7-8H2,1H3,(H,17,18)(H,19,20,21). The fourth-order valence-corrected chi connectivity index (χ4v) is 3.35. The maximum atomic E-state index is 4.61. The SMILES string of the molecule is Cc1cccc(Nc2nc3ccc(C4=NCCN4)cc3s2)n1. The largest absolute Gasteiger partial charge is 0.368 e. The topological polar surface area (TPSA) is 62.2 Å². The number of hydrogen-bond acceptors (Lipinski definition) is 6. The van der Waals surface area contributed by atoms with Gasteiger partial charge in [-0.05, 0) is 37.3 Å². The van der Waals surface area contributed by atoms with Crippen molar-refractivity contribution in [2.75, 3.05) is 18.4 Å². The molecule has 0 bridgehead atoms. The van der Waals surface area contributed by atoms with Gasteiger partial charge in [0, 0.05) is 17.8 Å². The molecule has 0 radical (unpaired) electrons. The molecule has 3 aromatic rings. The fourth-order valence-electron chi connectivity index (χ4n) is 2.44. The molecule has 1 aliphatic heterocycles. The predicted molar refractivity (Wildman–Crippen MR) is 91.3 cm³/mol. The Morgan fingerprint density at radius 1 is 1.18 bits per heavy atom. The highest BCUT2D eigenvalue weighted by Crippen LogP contribution is 2.28. The maximum absolute atomic E-state index is 4.61. The van der Waals surface area contributed by atoms with Gasteiger partial charge < -0.3 is 10.6 Å². The Labute approximate surface area is 132 Å². The lowest BCUT2D eigenvalue weighted by atomic mass is 10.2. The van der Waals surface area contributed by atoms with Gasteiger partial charge in [0.2, 0.25) is 0 Å². The molecular formula is C16H15N5S. The first-order valence-corrected chi connectivity index (χ1v) is 7.99. The molecule has 3 heterocycles. The van der Waals surface area contributed by atoms with E-state index in [1.807, 2.05) is 31.2 Å². The minimum absolute atomic E-state index is 0.820. The van der Waals surface area contributed by atoms with Gasteiger partial charge in [0.1, 0.15) is 11.7 Å². The summed E-state index contributed by atoms with van der Waals surface area (Å²) in [6.07, 6.45) is 0. The van der Waals surface area contributed by atoms with Crippen LogP contribution in [-0.2, 0) is 0 Å². The maximum Gasteiger partial charge on any atom is 0.189 e. The predicted octanol–water partition coefficient (Wildman–Crippen LogP) is 3.09. The number of aliphatic imine (C=N–C) groups is 1. The summed E-state index contributed by atoms with van der Waals surface area (Å²) in [5.74, 6) is 1.80. The monoisotopic (exact) mass is 309 g/mol. The average Bonchev–Trinajstić information content (AvgIpc) is 3.15. The molecule has 2 N–H and O–H groups in total. The zero-order chi connectivity index (χ0) is 14.9. The van der Waals surface area contributed by atoms with E-state index in [1.165, 1.54) is 0 Å². The van der Waals surface area contributed by atoms with Crippen LogP contribution in [0.15, 0.2) is 41.4 Å². The van der Waals surface area contributed by atoms with E-state index in [2.05, 4.69) is 37.7 Å². The van der Waals surface area contributed by atoms with Crippen molar-refractivity contribution in [2.24, 2.45) is 4.99 Å². The fraction of sp³-hybridized carbons (Fsp3) is 0.188. The van der Waals surface area contributed by atoms with Crippen molar-refractivity contribution in [1.82, 2.24) is 15.3 Å². The summed E-state index contributed by atoms with van der Waals surface area (Å²) in [6, 6.07) is 12.2. The lowest BCUT2D eigenvalue weighted by Crippen LogP contribution is -2.19. The summed E-state index contributed by atoms with van der Waals surface area (Å²) in [7, 11) is 0. The number of anilines is 2. The second-order valence-corrected chi connectivity index (χ2v) is 6.18. The van der Waals surface area contributed by atoms with Gasteiger partial charge in [0.15, 0.2) is 5.13 Å². The van der Waals surface area contributed by atoms with Gasteiger partial charge in [-0.3, -0.25) is 4.99 Å². The number of benzene rings is 1. The van der Waals surface area contributed by atoms with Gasteiger partial charge in [-0.25, -0.2) is 9.97 Å². The van der Waals surface area contributed by atoms with E-state index in [0.29, 0.717) is 0 Å². The Hall–Kier alpha value is -2.47. The van der Waals surface area contributed by atoms with Crippen LogP contribution >= 0.6 is 11.3 Å². The molecule has 0 aliphatic carbocycles. The molecule has 110 valence electrons. The van der Waals surface area contributed by atoms with Crippen LogP contribution in [0.4, 0.5) is 10.9 Å². The number of nitrogens with zero attached hydrogens (tertiary/aromatic N) is 3. The van der Waals surface area contributed by atoms with Gasteiger partial charge in [-0.1, -0.05) is 17.4 Å². The van der Waals surface area contributed by atoms with E-state index in [4.69, 9.17) is 0 Å². The van der Waals surface area contributed by atoms with Gasteiger partial charge in [-0.15, -0.1) is 0 Å². The van der Waals surface area contributed by atoms with E-state index >= 15 is 0 Å². The average molecular weight is 309 g/mol. The van der Waals surface area contributed by atoms with E-state index in [9.17, 15) is 0 Å². The highest BCUT2D eigenvalue weighted by Gasteiger charge is 2.11. The Kier molecular flexibility index (Phi) is 3.23. The van der Waals surface area contributed by atoms with Crippen LogP contribution in [0.5, 0.6) is 0 Å². The summed E-state index contributed by atoms with van der Waals surface area (Å²) in [6.45, 7) is 3.74. The molecular weight excluding hydrogens is 294 g/mol. The normalized spacial score (nSPS) is 14.0. The summed E-state index contributed by atoms with van der Waals surface area (Å²) < 4.78 is 1.14. The van der Waals surface area contributed by atoms with Gasteiger partial charge in [-0.2, -0.15) is 0 Å². The summed E-state index contributed by atoms with van der Waals surface area (Å²) in [4.78, 5) is 13.5. The molecule has 0 spiro atoms. The summed E-state index contributed by atoms with van der Waals surface area (Å²) in [5, 5.41) is 7.43. The second kappa shape index (κ2) is 5.38. The lowest BCUT2D eigenvalue weighted by molar-refractivity contribution is 0.960. The third-order valence-corrected chi connectivity index (χ3v) is 4.39. The molecule has 0 amide bonds. The van der Waals surface area contributed by atoms with Crippen molar-refractivity contribution in [3.05, 3.63) is 47.7 Å². The highest BCUT2D eigenvalue weighted by atomic mass is 32.1. The minimum atomic E-state index is 0.820. The molecule has 2 aromatic heterocycles. The first kappa shape index (κ1) is 13.2. The van der Waals surface area contributed by atoms with Crippen molar-refractivity contribution >= 4 is 38.3 Å². The van der Waals surface area contributed by atoms with E-state index in [0.717, 1.165) is 51.3 Å². The van der Waals surface area contributed by atoms with Crippen LogP contribution in [-0.4, -0.2) is 28.9 Å². The minimum Gasteiger partial charge on any atom is -0.368 e. The number of aromatic nitrogens is 2. The smallest absolute Gasteiger partial charge is 0.189 e. The molecule has 0 fully saturated rings. The van der Waals surface area contributed by atoms with Gasteiger partial charge in [0.05, 0.1) is 16.8 Å². The molecule has 4 rings (SSSR count). The van der Waals surface area contributed by atoms with Crippen LogP contribution in [0.1, 0.15) is 11.3 Å². The first-order chi connectivity index (χ1) is 10.8. The Bertz CT molecular complexity index is 868. The van der Waals surface area contributed by atoms with Crippen LogP contribution in [0.2, 0.25) is 0 Å². The van der Waals surface area contributed by atoms with Crippen molar-refractivity contribution in [3.8, 4) is 0 Å². The molecule has 5 nitrogen and oxygen atoms in total. The molecule has 22 heavy (non-hydrogen) atoms. The zero-order valence-electron chi connectivity index (χ0n) is 12.1. The number of hydrogen-bond donors (Lipinski definition) is 2. The van der Waals surface area contributed by atoms with Crippen molar-refractivity contribution in [1.29, 1.82) is 0 Å². The number of rotatable bonds is 3. The summed E-state index contributed by atoms with van der Waals surface area (Å²) in [5.41, 5.74) is 3.09. The molecule has 0 unspecified atom stereocenters. The molecule has 0 saturated carbocycles. The summed E-state index contributed by atoms with van der Waals surface area (Å²) >= 11 is 1.63. The Morgan fingerprint density at radius 3 is 2.95 bits per heavy atom. The molecule has 1 aromatic carbocycles. The molecule has 0 saturated heterocycles. The molecule has 1 aliphatic rings. The third kappa shape index (κ3) is 2.53. The lowest BCUT2D eigenvalue weighted by Gasteiger charge is -2.01. The number of pyridine rings is 1. The van der Waals surface area contributed by atoms with Gasteiger partial charge in [0.25, 0.3) is 0 Å². The van der Waals surface area contributed by atoms with E-state index in [-0.39, 0.29) is 0 Å². The number of amidine groups is 1. The van der Waals surface area contributed by atoms with E-state index in [1.54, 1.807) is 11.3 Å². The van der Waals surface area contributed by atoms with Gasteiger partial charge >= 0.3 is 0 Å². The number of thiazole rings is 1. The van der Waals surface area contributed by atoms with Crippen LogP contribution in [0, 0.1) is 6.92 Å². The molecule has 6 heteroatoms. The number of aryl methyl sites for hydroxylation is 1. The van der Waals surface area contributed by atoms with Crippen LogP contribution in [0.25, 0.3) is 10.2 Å². The third-order valence-electron chi connectivity index (χ3n) is 3.46. The molecule has 0 atom stereocenters. The van der Waals surface area contributed by atoms with Crippen LogP contribution in [0.3, 0.4) is 0 Å². The van der Waals surface area contributed by atoms with Crippen molar-refractivity contribution in [2.45, 2.75) is 6.92 Å². The van der Waals surface area contributed by atoms with Crippen molar-refractivity contribution < 1.29 is 0 Å². The Balaban J connectivity index is 1.65. The zero-order valence-corrected chi connectivity index (χ0v) is 12.9. The van der Waals surface area contributed by atoms with Crippen molar-refractivity contribution in [3.63, 3.8) is 0 Å². The first-order valence-electron chi connectivity index (χ1n) is 7.18. The number of nitrogens with one attached hydrogen (secondary N) is 2. The van der Waals surface area contributed by atoms with E-state index < -0.39 is 0 Å². The number of fused-ring (bicyclic) bond motifs is 1. The quantitative estimate of drug-likeness (QED) is 0.780. The second-order valence-electron chi connectivity index (χ2n) is 5.15. The highest BCUT2D eigenvalue weighted by molar-refractivity contribution is 7.22.